The van der Waals surface area contributed by atoms with Gasteiger partial charge in [-0.1, -0.05) is 24.3 Å². The average molecular weight is 407 g/mol. The minimum Gasteiger partial charge on any atom is -0.332 e. The summed E-state index contributed by atoms with van der Waals surface area (Å²) in [5, 5.41) is 14.3. The Bertz CT molecular complexity index is 1250. The van der Waals surface area contributed by atoms with E-state index < -0.39 is 22.5 Å². The number of nitrogens with zero attached hydrogens (tertiary/aromatic N) is 2. The zero-order valence-electron chi connectivity index (χ0n) is 15.5. The number of rotatable bonds is 5. The number of anilines is 1. The first-order chi connectivity index (χ1) is 14.4. The van der Waals surface area contributed by atoms with Gasteiger partial charge in [-0.25, -0.2) is 8.78 Å². The summed E-state index contributed by atoms with van der Waals surface area (Å²) >= 11 is 0. The summed E-state index contributed by atoms with van der Waals surface area (Å²) in [6.07, 6.45) is 0. The number of nitro groups is 1. The molecule has 8 heteroatoms. The molecule has 0 fully saturated rings. The first-order valence-corrected chi connectivity index (χ1v) is 9.01. The van der Waals surface area contributed by atoms with E-state index in [0.717, 1.165) is 12.1 Å². The van der Waals surface area contributed by atoms with Gasteiger partial charge in [0.05, 0.1) is 11.5 Å². The lowest BCUT2D eigenvalue weighted by molar-refractivity contribution is -0.384. The summed E-state index contributed by atoms with van der Waals surface area (Å²) in [5.41, 5.74) is 0.759. The van der Waals surface area contributed by atoms with Gasteiger partial charge < -0.3 is 9.88 Å². The molecular weight excluding hydrogens is 392 g/mol. The van der Waals surface area contributed by atoms with Gasteiger partial charge in [-0.05, 0) is 36.4 Å². The Hall–Kier alpha value is -4.07. The third-order valence-corrected chi connectivity index (χ3v) is 4.74. The number of non-ortho nitro benzene ring substituents is 1. The first-order valence-electron chi connectivity index (χ1n) is 9.01. The number of nitro benzene ring substituents is 1. The summed E-state index contributed by atoms with van der Waals surface area (Å²) < 4.78 is 29.9. The number of carbonyl (C=O) groups excluding carboxylic acids is 1. The van der Waals surface area contributed by atoms with E-state index >= 15 is 0 Å². The van der Waals surface area contributed by atoms with E-state index in [9.17, 15) is 23.7 Å². The molecule has 3 aromatic carbocycles. The van der Waals surface area contributed by atoms with E-state index in [1.54, 1.807) is 30.3 Å². The number of fused-ring (bicyclic) bond motifs is 1. The number of benzene rings is 3. The molecule has 30 heavy (non-hydrogen) atoms. The SMILES string of the molecule is O=C(Nc1ccccc1)c1cc2cc([N+](=O)[O-])ccc2n1Cc1c(F)cccc1F. The van der Waals surface area contributed by atoms with Crippen LogP contribution in [0.25, 0.3) is 10.9 Å². The van der Waals surface area contributed by atoms with Crippen LogP contribution in [-0.4, -0.2) is 15.4 Å². The van der Waals surface area contributed by atoms with Crippen LogP contribution in [0.3, 0.4) is 0 Å². The van der Waals surface area contributed by atoms with Gasteiger partial charge in [0, 0.05) is 34.3 Å². The summed E-state index contributed by atoms with van der Waals surface area (Å²) in [6, 6.07) is 17.8. The number of hydrogen-bond donors (Lipinski definition) is 1. The van der Waals surface area contributed by atoms with Crippen LogP contribution in [-0.2, 0) is 6.54 Å². The highest BCUT2D eigenvalue weighted by atomic mass is 19.1. The van der Waals surface area contributed by atoms with Crippen molar-refractivity contribution in [1.29, 1.82) is 0 Å². The van der Waals surface area contributed by atoms with Gasteiger partial charge in [0.2, 0.25) is 0 Å². The maximum absolute atomic E-state index is 14.2. The molecule has 0 radical (unpaired) electrons. The van der Waals surface area contributed by atoms with Gasteiger partial charge in [0.1, 0.15) is 17.3 Å². The molecule has 0 unspecified atom stereocenters. The van der Waals surface area contributed by atoms with Crippen molar-refractivity contribution in [3.63, 3.8) is 0 Å². The average Bonchev–Trinajstić information content (AvgIpc) is 3.09. The molecule has 0 aliphatic rings. The van der Waals surface area contributed by atoms with E-state index in [2.05, 4.69) is 5.32 Å². The van der Waals surface area contributed by atoms with Gasteiger partial charge >= 0.3 is 0 Å². The van der Waals surface area contributed by atoms with Gasteiger partial charge in [0.15, 0.2) is 0 Å². The fourth-order valence-corrected chi connectivity index (χ4v) is 3.29. The third kappa shape index (κ3) is 3.62. The molecule has 0 spiro atoms. The molecule has 0 aliphatic heterocycles. The van der Waals surface area contributed by atoms with Gasteiger partial charge in [0.25, 0.3) is 11.6 Å². The molecule has 1 N–H and O–H groups in total. The van der Waals surface area contributed by atoms with Crippen LogP contribution in [0, 0.1) is 21.7 Å². The van der Waals surface area contributed by atoms with Crippen molar-refractivity contribution in [3.05, 3.63) is 106 Å². The van der Waals surface area contributed by atoms with Crippen molar-refractivity contribution in [2.24, 2.45) is 0 Å². The van der Waals surface area contributed by atoms with Crippen molar-refractivity contribution in [1.82, 2.24) is 4.57 Å². The molecule has 6 nitrogen and oxygen atoms in total. The highest BCUT2D eigenvalue weighted by Gasteiger charge is 2.20. The summed E-state index contributed by atoms with van der Waals surface area (Å²) in [6.45, 7) is -0.253. The zero-order chi connectivity index (χ0) is 21.3. The van der Waals surface area contributed by atoms with E-state index in [1.165, 1.54) is 34.9 Å². The van der Waals surface area contributed by atoms with Crippen molar-refractivity contribution in [3.8, 4) is 0 Å². The first kappa shape index (κ1) is 19.3. The Morgan fingerprint density at radius 3 is 2.33 bits per heavy atom. The number of aromatic nitrogens is 1. The number of halogens is 2. The van der Waals surface area contributed by atoms with Crippen LogP contribution in [0.4, 0.5) is 20.2 Å². The highest BCUT2D eigenvalue weighted by molar-refractivity contribution is 6.06. The molecule has 4 rings (SSSR count). The predicted molar refractivity (Wildman–Crippen MR) is 108 cm³/mol. The van der Waals surface area contributed by atoms with Crippen molar-refractivity contribution in [2.45, 2.75) is 6.54 Å². The Labute approximate surface area is 169 Å². The molecule has 0 saturated carbocycles. The smallest absolute Gasteiger partial charge is 0.272 e. The molecule has 1 amide bonds. The van der Waals surface area contributed by atoms with Crippen molar-refractivity contribution >= 4 is 28.2 Å². The van der Waals surface area contributed by atoms with E-state index in [4.69, 9.17) is 0 Å². The van der Waals surface area contributed by atoms with Gasteiger partial charge in [-0.15, -0.1) is 0 Å². The van der Waals surface area contributed by atoms with Crippen LogP contribution in [0.1, 0.15) is 16.1 Å². The standard InChI is InChI=1S/C22H15F2N3O3/c23-18-7-4-8-19(24)17(18)13-26-20-10-9-16(27(29)30)11-14(20)12-21(26)22(28)25-15-5-2-1-3-6-15/h1-12H,13H2,(H,25,28). The second-order valence-electron chi connectivity index (χ2n) is 6.64. The van der Waals surface area contributed by atoms with E-state index in [0.29, 0.717) is 16.6 Å². The van der Waals surface area contributed by atoms with Crippen LogP contribution in [0.2, 0.25) is 0 Å². The molecule has 4 aromatic rings. The second kappa shape index (κ2) is 7.75. The minimum absolute atomic E-state index is 0.122. The number of hydrogen-bond acceptors (Lipinski definition) is 3. The fourth-order valence-electron chi connectivity index (χ4n) is 3.29. The lowest BCUT2D eigenvalue weighted by atomic mass is 10.2. The van der Waals surface area contributed by atoms with E-state index in [-0.39, 0.29) is 23.5 Å². The summed E-state index contributed by atoms with van der Waals surface area (Å²) in [5.74, 6) is -1.99. The van der Waals surface area contributed by atoms with Crippen LogP contribution in [0.15, 0.2) is 72.8 Å². The molecule has 1 heterocycles. The molecule has 0 atom stereocenters. The molecular formula is C22H15F2N3O3. The topological polar surface area (TPSA) is 77.2 Å². The minimum atomic E-state index is -0.742. The number of amides is 1. The third-order valence-electron chi connectivity index (χ3n) is 4.74. The Morgan fingerprint density at radius 2 is 1.67 bits per heavy atom. The van der Waals surface area contributed by atoms with Gasteiger partial charge in [-0.2, -0.15) is 0 Å². The summed E-state index contributed by atoms with van der Waals surface area (Å²) in [7, 11) is 0. The molecule has 0 bridgehead atoms. The Morgan fingerprint density at radius 1 is 0.967 bits per heavy atom. The quantitative estimate of drug-likeness (QED) is 0.368. The number of para-hydroxylation sites is 1. The monoisotopic (exact) mass is 407 g/mol. The summed E-state index contributed by atoms with van der Waals surface area (Å²) in [4.78, 5) is 23.5. The zero-order valence-corrected chi connectivity index (χ0v) is 15.5. The molecule has 0 aliphatic carbocycles. The van der Waals surface area contributed by atoms with Crippen molar-refractivity contribution in [2.75, 3.05) is 5.32 Å². The number of nitrogens with one attached hydrogen (secondary N) is 1. The largest absolute Gasteiger partial charge is 0.332 e. The van der Waals surface area contributed by atoms with Crippen LogP contribution in [0.5, 0.6) is 0 Å². The molecule has 1 aromatic heterocycles. The number of carbonyl (C=O) groups is 1. The highest BCUT2D eigenvalue weighted by Crippen LogP contribution is 2.27. The second-order valence-corrected chi connectivity index (χ2v) is 6.64. The van der Waals surface area contributed by atoms with Crippen LogP contribution >= 0.6 is 0 Å². The van der Waals surface area contributed by atoms with Crippen LogP contribution < -0.4 is 5.32 Å². The predicted octanol–water partition coefficient (Wildman–Crippen LogP) is 5.13. The Balaban J connectivity index is 1.84. The fraction of sp³-hybridized carbons (Fsp3) is 0.0455. The Kier molecular flexibility index (Phi) is 4.97. The maximum Gasteiger partial charge on any atom is 0.272 e. The van der Waals surface area contributed by atoms with E-state index in [1.807, 2.05) is 0 Å². The normalized spacial score (nSPS) is 10.9. The van der Waals surface area contributed by atoms with Crippen molar-refractivity contribution < 1.29 is 18.5 Å². The van der Waals surface area contributed by atoms with Gasteiger partial charge in [-0.3, -0.25) is 14.9 Å². The molecule has 150 valence electrons. The lowest BCUT2D eigenvalue weighted by Gasteiger charge is -2.12. The lowest BCUT2D eigenvalue weighted by Crippen LogP contribution is -2.18. The maximum atomic E-state index is 14.2. The molecule has 0 saturated heterocycles.